The molecule has 3 aliphatic heterocycles. The first-order valence-electron chi connectivity index (χ1n) is 10.2. The van der Waals surface area contributed by atoms with Crippen LogP contribution in [-0.2, 0) is 14.2 Å². The lowest BCUT2D eigenvalue weighted by molar-refractivity contribution is -0.166. The maximum Gasteiger partial charge on any atom is 0.344 e. The largest absolute Gasteiger partial charge is 0.462 e. The molecule has 4 heterocycles. The number of ether oxygens (including phenoxy) is 5. The second-order valence-electron chi connectivity index (χ2n) is 7.42. The van der Waals surface area contributed by atoms with Gasteiger partial charge in [-0.3, -0.25) is 4.79 Å². The van der Waals surface area contributed by atoms with Crippen molar-refractivity contribution in [1.29, 1.82) is 0 Å². The molecule has 0 aliphatic carbocycles. The lowest BCUT2D eigenvalue weighted by Gasteiger charge is -2.25. The molecule has 1 aromatic carbocycles. The Morgan fingerprint density at radius 1 is 1.27 bits per heavy atom. The summed E-state index contributed by atoms with van der Waals surface area (Å²) in [6.45, 7) is 3.18. The highest BCUT2D eigenvalue weighted by Gasteiger charge is 2.34. The van der Waals surface area contributed by atoms with Gasteiger partial charge in [0, 0.05) is 18.4 Å². The molecule has 0 bridgehead atoms. The van der Waals surface area contributed by atoms with E-state index >= 15 is 0 Å². The minimum Gasteiger partial charge on any atom is -0.462 e. The number of hydrogen-bond donors (Lipinski definition) is 0. The Balaban J connectivity index is 1.59. The highest BCUT2D eigenvalue weighted by Crippen LogP contribution is 2.42. The zero-order chi connectivity index (χ0) is 20.7. The Labute approximate surface area is 177 Å². The van der Waals surface area contributed by atoms with E-state index in [0.717, 1.165) is 19.3 Å². The number of pyridine rings is 1. The zero-order valence-electron chi connectivity index (χ0n) is 16.7. The van der Waals surface area contributed by atoms with E-state index in [1.807, 2.05) is 10.6 Å². The van der Waals surface area contributed by atoms with Gasteiger partial charge in [-0.25, -0.2) is 4.79 Å². The fourth-order valence-electron chi connectivity index (χ4n) is 4.09. The number of carbonyl (C=O) groups excluding carboxylic acids is 1. The summed E-state index contributed by atoms with van der Waals surface area (Å²) in [4.78, 5) is 25.9. The smallest absolute Gasteiger partial charge is 0.344 e. The highest BCUT2D eigenvalue weighted by atomic mass is 32.2. The number of rotatable bonds is 5. The summed E-state index contributed by atoms with van der Waals surface area (Å²) in [5.74, 6) is 1.18. The Morgan fingerprint density at radius 3 is 2.87 bits per heavy atom. The summed E-state index contributed by atoms with van der Waals surface area (Å²) in [6, 6.07) is 3.42. The van der Waals surface area contributed by atoms with Crippen LogP contribution in [0.4, 0.5) is 0 Å². The van der Waals surface area contributed by atoms with E-state index in [1.165, 1.54) is 11.8 Å². The summed E-state index contributed by atoms with van der Waals surface area (Å²) >= 11 is 1.47. The standard InChI is InChI=1S/C21H23NO7S/c1-2-25-21(24)18-19(23)13-7-15-16(29-11-28-15)8-14(13)22-12(10-30-20(18)22)9-27-17-5-3-4-6-26-17/h7-8,12,17H,2-6,9-11H2,1H3. The van der Waals surface area contributed by atoms with Crippen molar-refractivity contribution < 1.29 is 28.5 Å². The van der Waals surface area contributed by atoms with Gasteiger partial charge in [0.15, 0.2) is 17.8 Å². The van der Waals surface area contributed by atoms with E-state index in [-0.39, 0.29) is 36.7 Å². The molecule has 2 aromatic rings. The third-order valence-electron chi connectivity index (χ3n) is 5.52. The van der Waals surface area contributed by atoms with Crippen molar-refractivity contribution in [2.45, 2.75) is 43.5 Å². The van der Waals surface area contributed by atoms with Crippen LogP contribution in [0, 0.1) is 0 Å². The van der Waals surface area contributed by atoms with E-state index in [9.17, 15) is 9.59 Å². The van der Waals surface area contributed by atoms with Gasteiger partial charge in [0.2, 0.25) is 12.2 Å². The molecule has 2 unspecified atom stereocenters. The van der Waals surface area contributed by atoms with Crippen LogP contribution < -0.4 is 14.9 Å². The maximum absolute atomic E-state index is 13.2. The number of carbonyl (C=O) groups is 1. The van der Waals surface area contributed by atoms with Crippen molar-refractivity contribution in [1.82, 2.24) is 4.57 Å². The average Bonchev–Trinajstić information content (AvgIpc) is 3.39. The number of fused-ring (bicyclic) bond motifs is 4. The van der Waals surface area contributed by atoms with E-state index in [1.54, 1.807) is 13.0 Å². The Kier molecular flexibility index (Phi) is 5.34. The molecule has 9 heteroatoms. The molecule has 5 rings (SSSR count). The van der Waals surface area contributed by atoms with Gasteiger partial charge in [-0.15, -0.1) is 11.8 Å². The van der Waals surface area contributed by atoms with Crippen molar-refractivity contribution in [3.8, 4) is 11.5 Å². The van der Waals surface area contributed by atoms with Crippen LogP contribution in [0.2, 0.25) is 0 Å². The SMILES string of the molecule is CCOC(=O)c1c2n(c3cc4c(cc3c1=O)OCO4)C(COC1CCCCO1)CS2. The molecule has 0 spiro atoms. The summed E-state index contributed by atoms with van der Waals surface area (Å²) in [5, 5.41) is 1.02. The van der Waals surface area contributed by atoms with Crippen LogP contribution in [0.5, 0.6) is 11.5 Å². The molecule has 0 radical (unpaired) electrons. The maximum atomic E-state index is 13.2. The van der Waals surface area contributed by atoms with E-state index in [4.69, 9.17) is 23.7 Å². The van der Waals surface area contributed by atoms with Gasteiger partial charge in [0.25, 0.3) is 0 Å². The van der Waals surface area contributed by atoms with Crippen molar-refractivity contribution in [3.63, 3.8) is 0 Å². The molecule has 160 valence electrons. The number of esters is 1. The number of thioether (sulfide) groups is 1. The fraction of sp³-hybridized carbons (Fsp3) is 0.524. The van der Waals surface area contributed by atoms with Crippen molar-refractivity contribution in [3.05, 3.63) is 27.9 Å². The van der Waals surface area contributed by atoms with Crippen molar-refractivity contribution in [2.75, 3.05) is 32.4 Å². The second kappa shape index (κ2) is 8.13. The first-order chi connectivity index (χ1) is 14.7. The lowest BCUT2D eigenvalue weighted by atomic mass is 10.1. The average molecular weight is 433 g/mol. The molecule has 30 heavy (non-hydrogen) atoms. The van der Waals surface area contributed by atoms with Gasteiger partial charge in [0.1, 0.15) is 5.56 Å². The second-order valence-corrected chi connectivity index (χ2v) is 8.43. The minimum absolute atomic E-state index is 0.0489. The normalized spacial score (nSPS) is 22.3. The van der Waals surface area contributed by atoms with Crippen LogP contribution in [0.25, 0.3) is 10.9 Å². The van der Waals surface area contributed by atoms with Gasteiger partial charge in [0.05, 0.1) is 35.2 Å². The van der Waals surface area contributed by atoms with Crippen molar-refractivity contribution >= 4 is 28.6 Å². The molecule has 1 aromatic heterocycles. The van der Waals surface area contributed by atoms with E-state index < -0.39 is 5.97 Å². The predicted octanol–water partition coefficient (Wildman–Crippen LogP) is 3.10. The first kappa shape index (κ1) is 19.7. The quantitative estimate of drug-likeness (QED) is 0.665. The van der Waals surface area contributed by atoms with Gasteiger partial charge in [-0.05, 0) is 32.3 Å². The zero-order valence-corrected chi connectivity index (χ0v) is 17.5. The Hall–Kier alpha value is -2.23. The topological polar surface area (TPSA) is 85.2 Å². The molecular formula is C21H23NO7S. The van der Waals surface area contributed by atoms with Gasteiger partial charge >= 0.3 is 5.97 Å². The number of benzene rings is 1. The van der Waals surface area contributed by atoms with Gasteiger partial charge < -0.3 is 28.3 Å². The Bertz CT molecular complexity index is 1040. The van der Waals surface area contributed by atoms with Crippen LogP contribution in [0.3, 0.4) is 0 Å². The van der Waals surface area contributed by atoms with E-state index in [2.05, 4.69) is 0 Å². The van der Waals surface area contributed by atoms with Crippen LogP contribution >= 0.6 is 11.8 Å². The van der Waals surface area contributed by atoms with Crippen LogP contribution in [0.15, 0.2) is 22.0 Å². The lowest BCUT2D eigenvalue weighted by Crippen LogP contribution is -2.27. The molecular weight excluding hydrogens is 410 g/mol. The predicted molar refractivity (Wildman–Crippen MR) is 110 cm³/mol. The number of hydrogen-bond acceptors (Lipinski definition) is 8. The first-order valence-corrected chi connectivity index (χ1v) is 11.2. The molecule has 0 amide bonds. The molecule has 2 atom stereocenters. The van der Waals surface area contributed by atoms with E-state index in [0.29, 0.717) is 46.4 Å². The van der Waals surface area contributed by atoms with Crippen LogP contribution in [0.1, 0.15) is 42.6 Å². The third kappa shape index (κ3) is 3.34. The molecule has 8 nitrogen and oxygen atoms in total. The minimum atomic E-state index is -0.601. The molecule has 0 N–H and O–H groups in total. The molecule has 1 fully saturated rings. The fourth-order valence-corrected chi connectivity index (χ4v) is 5.40. The van der Waals surface area contributed by atoms with Crippen LogP contribution in [-0.4, -0.2) is 49.2 Å². The summed E-state index contributed by atoms with van der Waals surface area (Å²) in [7, 11) is 0. The summed E-state index contributed by atoms with van der Waals surface area (Å²) < 4.78 is 29.9. The van der Waals surface area contributed by atoms with Crippen molar-refractivity contribution in [2.24, 2.45) is 0 Å². The summed E-state index contributed by atoms with van der Waals surface area (Å²) in [6.07, 6.45) is 2.82. The summed E-state index contributed by atoms with van der Waals surface area (Å²) in [5.41, 5.74) is 0.428. The molecule has 1 saturated heterocycles. The van der Waals surface area contributed by atoms with Gasteiger partial charge in [-0.1, -0.05) is 0 Å². The molecule has 0 saturated carbocycles. The number of aromatic nitrogens is 1. The Morgan fingerprint density at radius 2 is 2.10 bits per heavy atom. The molecule has 3 aliphatic rings. The monoisotopic (exact) mass is 433 g/mol. The number of nitrogens with zero attached hydrogens (tertiary/aromatic N) is 1. The highest BCUT2D eigenvalue weighted by molar-refractivity contribution is 7.99. The van der Waals surface area contributed by atoms with Gasteiger partial charge in [-0.2, -0.15) is 0 Å². The third-order valence-corrected chi connectivity index (χ3v) is 6.75.